The highest BCUT2D eigenvalue weighted by molar-refractivity contribution is 5.94. The number of carboxylic acid groups (broad SMARTS) is 1. The first-order chi connectivity index (χ1) is 15.9. The van der Waals surface area contributed by atoms with E-state index in [9.17, 15) is 9.59 Å². The summed E-state index contributed by atoms with van der Waals surface area (Å²) in [5.74, 6) is 4.09. The molecule has 0 aliphatic rings. The molecule has 1 amide bonds. The molecule has 0 aliphatic heterocycles. The van der Waals surface area contributed by atoms with Gasteiger partial charge in [0.15, 0.2) is 0 Å². The van der Waals surface area contributed by atoms with E-state index in [2.05, 4.69) is 22.3 Å². The molecule has 0 radical (unpaired) electrons. The molecule has 1 atom stereocenters. The molecule has 7 heteroatoms. The van der Waals surface area contributed by atoms with Crippen molar-refractivity contribution in [3.8, 4) is 23.0 Å². The maximum atomic E-state index is 12.6. The van der Waals surface area contributed by atoms with E-state index in [-0.39, 0.29) is 0 Å². The van der Waals surface area contributed by atoms with Crippen LogP contribution in [0, 0.1) is 11.8 Å². The van der Waals surface area contributed by atoms with Crippen molar-refractivity contribution in [1.82, 2.24) is 9.78 Å². The number of rotatable bonds is 4. The molecule has 1 heterocycles. The van der Waals surface area contributed by atoms with Gasteiger partial charge in [0.2, 0.25) is 0 Å². The van der Waals surface area contributed by atoms with E-state index in [0.717, 1.165) is 27.5 Å². The number of carboxylic acids is 1. The number of carbonyl (C=O) groups excluding carboxylic acids is 1. The minimum atomic E-state index is -1.17. The second-order valence-corrected chi connectivity index (χ2v) is 7.45. The Morgan fingerprint density at radius 3 is 2.55 bits per heavy atom. The summed E-state index contributed by atoms with van der Waals surface area (Å²) in [6.45, 7) is 1.82. The summed E-state index contributed by atoms with van der Waals surface area (Å²) >= 11 is 0. The zero-order valence-corrected chi connectivity index (χ0v) is 18.1. The molecule has 1 aromatic heterocycles. The molecule has 0 fully saturated rings. The highest BCUT2D eigenvalue weighted by Gasteiger charge is 2.17. The third-order valence-corrected chi connectivity index (χ3v) is 5.18. The highest BCUT2D eigenvalue weighted by Crippen LogP contribution is 2.31. The smallest absolute Gasteiger partial charge is 0.413 e. The van der Waals surface area contributed by atoms with E-state index >= 15 is 0 Å². The molecule has 0 bridgehead atoms. The lowest BCUT2D eigenvalue weighted by Crippen LogP contribution is -2.18. The van der Waals surface area contributed by atoms with Crippen molar-refractivity contribution in [2.45, 2.75) is 13.0 Å². The van der Waals surface area contributed by atoms with Crippen LogP contribution >= 0.6 is 0 Å². The molecule has 164 valence electrons. The Morgan fingerprint density at radius 1 is 1.06 bits per heavy atom. The number of aryl methyl sites for hydroxylation is 1. The summed E-state index contributed by atoms with van der Waals surface area (Å²) in [7, 11) is 1.74. The minimum Gasteiger partial charge on any atom is -0.472 e. The number of ether oxygens (including phenoxy) is 1. The Bertz CT molecular complexity index is 1400. The van der Waals surface area contributed by atoms with E-state index in [0.29, 0.717) is 11.4 Å². The number of anilines is 1. The molecule has 7 nitrogen and oxygen atoms in total. The maximum absolute atomic E-state index is 12.6. The molecule has 1 unspecified atom stereocenters. The first-order valence-corrected chi connectivity index (χ1v) is 10.2. The van der Waals surface area contributed by atoms with Gasteiger partial charge in [-0.1, -0.05) is 54.5 Å². The average molecular weight is 439 g/mol. The number of carbonyl (C=O) groups is 2. The standard InChI is InChI=1S/C26H21N3O4/c1-17(19-6-4-3-5-7-19)33-26(32)28-25-23(16-27-29(25)2)22-12-11-20-14-18(9-13-24(30)31)8-10-21(20)15-22/h3-8,10-12,14-17H,1-2H3,(H,28,32)(H,30,31). The summed E-state index contributed by atoms with van der Waals surface area (Å²) in [5, 5.41) is 17.7. The lowest BCUT2D eigenvalue weighted by molar-refractivity contribution is -0.130. The van der Waals surface area contributed by atoms with Crippen molar-refractivity contribution < 1.29 is 19.4 Å². The minimum absolute atomic E-state index is 0.401. The predicted molar refractivity (Wildman–Crippen MR) is 126 cm³/mol. The van der Waals surface area contributed by atoms with Crippen LogP contribution < -0.4 is 5.32 Å². The molecular formula is C26H21N3O4. The van der Waals surface area contributed by atoms with E-state index in [1.807, 2.05) is 67.6 Å². The van der Waals surface area contributed by atoms with Crippen LogP contribution in [0.25, 0.3) is 21.9 Å². The maximum Gasteiger partial charge on any atom is 0.413 e. The van der Waals surface area contributed by atoms with E-state index in [1.165, 1.54) is 0 Å². The van der Waals surface area contributed by atoms with Crippen LogP contribution in [0.3, 0.4) is 0 Å². The number of aliphatic carboxylic acids is 1. The van der Waals surface area contributed by atoms with Gasteiger partial charge < -0.3 is 9.84 Å². The summed E-state index contributed by atoms with van der Waals surface area (Å²) < 4.78 is 7.11. The van der Waals surface area contributed by atoms with Crippen molar-refractivity contribution in [2.24, 2.45) is 7.05 Å². The van der Waals surface area contributed by atoms with Crippen LogP contribution in [0.5, 0.6) is 0 Å². The van der Waals surface area contributed by atoms with Gasteiger partial charge in [0, 0.05) is 24.1 Å². The van der Waals surface area contributed by atoms with Crippen LogP contribution in [0.15, 0.2) is 72.9 Å². The second kappa shape index (κ2) is 9.28. The lowest BCUT2D eigenvalue weighted by Gasteiger charge is -2.15. The Labute approximate surface area is 190 Å². The van der Waals surface area contributed by atoms with Gasteiger partial charge in [0.25, 0.3) is 0 Å². The van der Waals surface area contributed by atoms with Gasteiger partial charge in [-0.05, 0) is 47.0 Å². The molecule has 3 aromatic carbocycles. The first-order valence-electron chi connectivity index (χ1n) is 10.2. The molecule has 4 aromatic rings. The molecule has 0 saturated heterocycles. The SMILES string of the molecule is CC(OC(=O)Nc1c(-c2ccc3cc(C#CC(=O)O)ccc3c2)cnn1C)c1ccccc1. The van der Waals surface area contributed by atoms with Crippen molar-refractivity contribution in [3.05, 3.63) is 84.1 Å². The molecule has 0 aliphatic carbocycles. The fourth-order valence-electron chi connectivity index (χ4n) is 3.49. The highest BCUT2D eigenvalue weighted by atomic mass is 16.6. The van der Waals surface area contributed by atoms with E-state index < -0.39 is 18.2 Å². The summed E-state index contributed by atoms with van der Waals surface area (Å²) in [5.41, 5.74) is 3.14. The Kier molecular flexibility index (Phi) is 6.09. The number of nitrogens with zero attached hydrogens (tertiary/aromatic N) is 2. The second-order valence-electron chi connectivity index (χ2n) is 7.45. The van der Waals surface area contributed by atoms with E-state index in [1.54, 1.807) is 24.0 Å². The molecule has 0 saturated carbocycles. The fraction of sp³-hybridized carbons (Fsp3) is 0.115. The monoisotopic (exact) mass is 439 g/mol. The van der Waals surface area contributed by atoms with Crippen LogP contribution in [0.2, 0.25) is 0 Å². The van der Waals surface area contributed by atoms with Gasteiger partial charge in [0.05, 0.1) is 6.20 Å². The molecule has 33 heavy (non-hydrogen) atoms. The van der Waals surface area contributed by atoms with Gasteiger partial charge >= 0.3 is 12.1 Å². The third-order valence-electron chi connectivity index (χ3n) is 5.18. The quantitative estimate of drug-likeness (QED) is 0.437. The number of fused-ring (bicyclic) bond motifs is 1. The summed E-state index contributed by atoms with van der Waals surface area (Å²) in [6, 6.07) is 20.8. The normalized spacial score (nSPS) is 11.3. The van der Waals surface area contributed by atoms with Crippen LogP contribution in [-0.4, -0.2) is 26.9 Å². The molecular weight excluding hydrogens is 418 g/mol. The zero-order valence-electron chi connectivity index (χ0n) is 18.1. The van der Waals surface area contributed by atoms with Crippen LogP contribution in [0.1, 0.15) is 24.2 Å². The fourth-order valence-corrected chi connectivity index (χ4v) is 3.49. The van der Waals surface area contributed by atoms with Gasteiger partial charge in [-0.25, -0.2) is 9.59 Å². The van der Waals surface area contributed by atoms with Crippen molar-refractivity contribution >= 4 is 28.7 Å². The topological polar surface area (TPSA) is 93.4 Å². The number of amides is 1. The summed E-state index contributed by atoms with van der Waals surface area (Å²) in [6.07, 6.45) is 0.713. The van der Waals surface area contributed by atoms with Gasteiger partial charge in [-0.2, -0.15) is 5.10 Å². The largest absolute Gasteiger partial charge is 0.472 e. The van der Waals surface area contributed by atoms with Gasteiger partial charge in [0.1, 0.15) is 11.9 Å². The Hall–Kier alpha value is -4.57. The predicted octanol–water partition coefficient (Wildman–Crippen LogP) is 4.99. The van der Waals surface area contributed by atoms with Crippen molar-refractivity contribution in [1.29, 1.82) is 0 Å². The van der Waals surface area contributed by atoms with Crippen molar-refractivity contribution in [2.75, 3.05) is 5.32 Å². The van der Waals surface area contributed by atoms with Crippen LogP contribution in [-0.2, 0) is 16.6 Å². The van der Waals surface area contributed by atoms with E-state index in [4.69, 9.17) is 9.84 Å². The number of hydrogen-bond donors (Lipinski definition) is 2. The Balaban J connectivity index is 1.56. The third kappa shape index (κ3) is 5.02. The summed E-state index contributed by atoms with van der Waals surface area (Å²) in [4.78, 5) is 23.2. The van der Waals surface area contributed by atoms with Crippen LogP contribution in [0.4, 0.5) is 10.6 Å². The van der Waals surface area contributed by atoms with Gasteiger partial charge in [-0.3, -0.25) is 10.00 Å². The van der Waals surface area contributed by atoms with Gasteiger partial charge in [-0.15, -0.1) is 0 Å². The molecule has 0 spiro atoms. The van der Waals surface area contributed by atoms with Crippen molar-refractivity contribution in [3.63, 3.8) is 0 Å². The number of nitrogens with one attached hydrogen (secondary N) is 1. The number of hydrogen-bond acceptors (Lipinski definition) is 4. The molecule has 4 rings (SSSR count). The zero-order chi connectivity index (χ0) is 23.4. The molecule has 2 N–H and O–H groups in total. The Morgan fingerprint density at radius 2 is 1.79 bits per heavy atom. The number of benzene rings is 3. The first kappa shape index (κ1) is 21.7. The lowest BCUT2D eigenvalue weighted by atomic mass is 10.0. The number of aromatic nitrogens is 2. The average Bonchev–Trinajstić information content (AvgIpc) is 3.17.